The Morgan fingerprint density at radius 1 is 1.04 bits per heavy atom. The first kappa shape index (κ1) is 16.1. The first-order valence-corrected chi connectivity index (χ1v) is 8.42. The van der Waals surface area contributed by atoms with Crippen molar-refractivity contribution >= 4 is 17.7 Å². The summed E-state index contributed by atoms with van der Waals surface area (Å²) in [6.07, 6.45) is -0.0940. The van der Waals surface area contributed by atoms with E-state index in [2.05, 4.69) is 0 Å². The summed E-state index contributed by atoms with van der Waals surface area (Å²) >= 11 is 1.54. The maximum absolute atomic E-state index is 10.9. The molecule has 0 atom stereocenters. The van der Waals surface area contributed by atoms with Gasteiger partial charge in [-0.3, -0.25) is 0 Å². The van der Waals surface area contributed by atoms with E-state index in [9.17, 15) is 9.90 Å². The van der Waals surface area contributed by atoms with Crippen molar-refractivity contribution in [3.8, 4) is 0 Å². The predicted octanol–water partition coefficient (Wildman–Crippen LogP) is 1.97. The van der Waals surface area contributed by atoms with Gasteiger partial charge in [-0.1, -0.05) is 48.5 Å². The topological polar surface area (TPSA) is 58.6 Å². The van der Waals surface area contributed by atoms with Crippen molar-refractivity contribution < 1.29 is 19.4 Å². The molecular formula is C18H17O4S-. The number of thioether (sulfide) groups is 1. The van der Waals surface area contributed by atoms with Crippen LogP contribution in [0.2, 0.25) is 0 Å². The van der Waals surface area contributed by atoms with E-state index >= 15 is 0 Å². The third kappa shape index (κ3) is 3.75. The van der Waals surface area contributed by atoms with Gasteiger partial charge in [0.2, 0.25) is 5.79 Å². The standard InChI is InChI=1S/C18H18O4S/c19-17(20)12-14-6-4-5-9-16(14)23-13-18(21-10-11-22-18)15-7-2-1-3-8-15/h1-9H,10-13H2,(H,19,20)/p-1. The zero-order valence-corrected chi connectivity index (χ0v) is 13.4. The summed E-state index contributed by atoms with van der Waals surface area (Å²) in [5.41, 5.74) is 1.72. The molecule has 1 aliphatic heterocycles. The highest BCUT2D eigenvalue weighted by atomic mass is 32.2. The van der Waals surface area contributed by atoms with Crippen molar-refractivity contribution in [1.82, 2.24) is 0 Å². The number of aliphatic carboxylic acids is 1. The molecule has 1 saturated heterocycles. The summed E-state index contributed by atoms with van der Waals surface area (Å²) in [7, 11) is 0. The van der Waals surface area contributed by atoms with Crippen molar-refractivity contribution in [2.24, 2.45) is 0 Å². The lowest BCUT2D eigenvalue weighted by atomic mass is 10.1. The second-order valence-electron chi connectivity index (χ2n) is 5.26. The molecule has 4 nitrogen and oxygen atoms in total. The van der Waals surface area contributed by atoms with Gasteiger partial charge in [0.05, 0.1) is 19.0 Å². The average Bonchev–Trinajstić information content (AvgIpc) is 3.05. The van der Waals surface area contributed by atoms with Gasteiger partial charge in [-0.25, -0.2) is 0 Å². The summed E-state index contributed by atoms with van der Waals surface area (Å²) in [6, 6.07) is 17.3. The lowest BCUT2D eigenvalue weighted by Crippen LogP contribution is -2.30. The van der Waals surface area contributed by atoms with E-state index < -0.39 is 11.8 Å². The van der Waals surface area contributed by atoms with E-state index in [1.165, 1.54) is 11.8 Å². The molecule has 0 amide bonds. The Labute approximate surface area is 139 Å². The van der Waals surface area contributed by atoms with Crippen molar-refractivity contribution in [2.75, 3.05) is 19.0 Å². The Morgan fingerprint density at radius 3 is 2.39 bits per heavy atom. The second kappa shape index (κ2) is 7.17. The van der Waals surface area contributed by atoms with Crippen LogP contribution in [0.15, 0.2) is 59.5 Å². The number of carbonyl (C=O) groups is 1. The van der Waals surface area contributed by atoms with Crippen LogP contribution in [0, 0.1) is 0 Å². The summed E-state index contributed by atoms with van der Waals surface area (Å²) in [5.74, 6) is -1.30. The first-order valence-electron chi connectivity index (χ1n) is 7.44. The molecule has 3 rings (SSSR count). The van der Waals surface area contributed by atoms with Gasteiger partial charge in [0, 0.05) is 22.8 Å². The third-order valence-corrected chi connectivity index (χ3v) is 4.93. The molecule has 120 valence electrons. The monoisotopic (exact) mass is 329 g/mol. The van der Waals surface area contributed by atoms with E-state index in [4.69, 9.17) is 9.47 Å². The minimum absolute atomic E-state index is 0.0940. The molecule has 23 heavy (non-hydrogen) atoms. The zero-order chi connectivity index (χ0) is 16.1. The van der Waals surface area contributed by atoms with E-state index in [0.29, 0.717) is 19.0 Å². The minimum Gasteiger partial charge on any atom is -0.550 e. The van der Waals surface area contributed by atoms with Crippen molar-refractivity contribution in [1.29, 1.82) is 0 Å². The van der Waals surface area contributed by atoms with Gasteiger partial charge in [0.15, 0.2) is 0 Å². The number of ether oxygens (including phenoxy) is 2. The third-order valence-electron chi connectivity index (χ3n) is 3.69. The molecular weight excluding hydrogens is 312 g/mol. The Hall–Kier alpha value is -1.82. The van der Waals surface area contributed by atoms with Crippen LogP contribution in [0.5, 0.6) is 0 Å². The Morgan fingerprint density at radius 2 is 1.70 bits per heavy atom. The van der Waals surface area contributed by atoms with Gasteiger partial charge in [-0.05, 0) is 11.6 Å². The van der Waals surface area contributed by atoms with E-state index in [1.54, 1.807) is 0 Å². The average molecular weight is 329 g/mol. The fourth-order valence-electron chi connectivity index (χ4n) is 2.60. The molecule has 0 radical (unpaired) electrons. The molecule has 0 aliphatic carbocycles. The molecule has 5 heteroatoms. The summed E-state index contributed by atoms with van der Waals surface area (Å²) < 4.78 is 11.8. The lowest BCUT2D eigenvalue weighted by molar-refractivity contribution is -0.304. The van der Waals surface area contributed by atoms with Gasteiger partial charge in [0.25, 0.3) is 0 Å². The lowest BCUT2D eigenvalue weighted by Gasteiger charge is -2.27. The van der Waals surface area contributed by atoms with E-state index in [1.807, 2.05) is 54.6 Å². The number of hydrogen-bond acceptors (Lipinski definition) is 5. The molecule has 2 aromatic rings. The van der Waals surface area contributed by atoms with Crippen molar-refractivity contribution in [3.05, 3.63) is 65.7 Å². The normalized spacial score (nSPS) is 16.3. The molecule has 0 bridgehead atoms. The molecule has 1 fully saturated rings. The zero-order valence-electron chi connectivity index (χ0n) is 12.6. The fourth-order valence-corrected chi connectivity index (χ4v) is 3.78. The van der Waals surface area contributed by atoms with Crippen LogP contribution in [0.3, 0.4) is 0 Å². The molecule has 0 unspecified atom stereocenters. The maximum atomic E-state index is 10.9. The first-order chi connectivity index (χ1) is 11.2. The van der Waals surface area contributed by atoms with E-state index in [-0.39, 0.29) is 6.42 Å². The van der Waals surface area contributed by atoms with Crippen LogP contribution >= 0.6 is 11.8 Å². The molecule has 0 spiro atoms. The minimum atomic E-state index is -1.08. The number of carboxylic acids is 1. The smallest absolute Gasteiger partial charge is 0.204 e. The van der Waals surface area contributed by atoms with Gasteiger partial charge >= 0.3 is 0 Å². The van der Waals surface area contributed by atoms with Gasteiger partial charge < -0.3 is 19.4 Å². The van der Waals surface area contributed by atoms with Crippen LogP contribution in [0.4, 0.5) is 0 Å². The van der Waals surface area contributed by atoms with Crippen molar-refractivity contribution in [3.63, 3.8) is 0 Å². The Bertz CT molecular complexity index is 666. The quantitative estimate of drug-likeness (QED) is 0.759. The van der Waals surface area contributed by atoms with E-state index in [0.717, 1.165) is 16.0 Å². The maximum Gasteiger partial charge on any atom is 0.204 e. The molecule has 0 saturated carbocycles. The van der Waals surface area contributed by atoms with Crippen LogP contribution in [0.25, 0.3) is 0 Å². The highest BCUT2D eigenvalue weighted by Crippen LogP contribution is 2.37. The SMILES string of the molecule is O=C([O-])Cc1ccccc1SCC1(c2ccccc2)OCCO1. The fraction of sp³-hybridized carbons (Fsp3) is 0.278. The number of carboxylic acid groups (broad SMARTS) is 1. The summed E-state index contributed by atoms with van der Waals surface area (Å²) in [5, 5.41) is 10.9. The van der Waals surface area contributed by atoms with Crippen LogP contribution in [-0.2, 0) is 26.5 Å². The highest BCUT2D eigenvalue weighted by molar-refractivity contribution is 7.99. The van der Waals surface area contributed by atoms with Gasteiger partial charge in [0.1, 0.15) is 0 Å². The highest BCUT2D eigenvalue weighted by Gasteiger charge is 2.38. The molecule has 0 aromatic heterocycles. The molecule has 1 heterocycles. The molecule has 0 N–H and O–H groups in total. The Kier molecular flexibility index (Phi) is 5.00. The van der Waals surface area contributed by atoms with Gasteiger partial charge in [-0.2, -0.15) is 0 Å². The Balaban J connectivity index is 1.80. The van der Waals surface area contributed by atoms with Crippen LogP contribution in [0.1, 0.15) is 11.1 Å². The molecule has 2 aromatic carbocycles. The number of rotatable bonds is 6. The summed E-state index contributed by atoms with van der Waals surface area (Å²) in [4.78, 5) is 11.8. The number of carbonyl (C=O) groups excluding carboxylic acids is 1. The predicted molar refractivity (Wildman–Crippen MR) is 85.9 cm³/mol. The number of benzene rings is 2. The summed E-state index contributed by atoms with van der Waals surface area (Å²) in [6.45, 7) is 1.10. The van der Waals surface area contributed by atoms with Gasteiger partial charge in [-0.15, -0.1) is 11.8 Å². The molecule has 1 aliphatic rings. The largest absolute Gasteiger partial charge is 0.550 e. The van der Waals surface area contributed by atoms with Crippen LogP contribution < -0.4 is 5.11 Å². The van der Waals surface area contributed by atoms with Crippen molar-refractivity contribution in [2.45, 2.75) is 17.1 Å². The van der Waals surface area contributed by atoms with Crippen LogP contribution in [-0.4, -0.2) is 24.9 Å². The second-order valence-corrected chi connectivity index (χ2v) is 6.28. The number of hydrogen-bond donors (Lipinski definition) is 0.